The molecule has 1 fully saturated rings. The molecule has 1 aliphatic heterocycles. The molecule has 1 N–H and O–H groups in total. The molecule has 0 saturated carbocycles. The van der Waals surface area contributed by atoms with Gasteiger partial charge in [0.2, 0.25) is 10.0 Å². The Morgan fingerprint density at radius 1 is 1.13 bits per heavy atom. The molecular weight excluding hydrogens is 422 g/mol. The van der Waals surface area contributed by atoms with E-state index in [0.29, 0.717) is 36.4 Å². The van der Waals surface area contributed by atoms with Crippen molar-refractivity contribution >= 4 is 43.2 Å². The van der Waals surface area contributed by atoms with Gasteiger partial charge in [-0.25, -0.2) is 8.42 Å². The molecule has 1 amide bonds. The molecule has 30 heavy (non-hydrogen) atoms. The smallest absolute Gasteiger partial charge is 0.308 e. The van der Waals surface area contributed by atoms with Crippen LogP contribution in [-0.2, 0) is 16.6 Å². The fourth-order valence-corrected chi connectivity index (χ4v) is 6.26. The number of aromatic nitrogens is 1. The molecule has 0 atom stereocenters. The SMILES string of the molecule is CCn1c(=O)sc2cc(NC(=O)c3cc(S(=O)(=O)N4CCCC4)ccc3C)ccc21. The van der Waals surface area contributed by atoms with Crippen molar-refractivity contribution < 1.29 is 13.2 Å². The van der Waals surface area contributed by atoms with Crippen LogP contribution in [0.25, 0.3) is 10.2 Å². The molecule has 0 bridgehead atoms. The maximum atomic E-state index is 12.9. The highest BCUT2D eigenvalue weighted by molar-refractivity contribution is 7.89. The molecule has 4 rings (SSSR count). The number of hydrogen-bond donors (Lipinski definition) is 1. The van der Waals surface area contributed by atoms with Crippen LogP contribution in [0, 0.1) is 6.92 Å². The number of benzene rings is 2. The Hall–Kier alpha value is -2.49. The van der Waals surface area contributed by atoms with Crippen LogP contribution in [0.5, 0.6) is 0 Å². The second kappa shape index (κ2) is 7.98. The van der Waals surface area contributed by atoms with Gasteiger partial charge in [0.15, 0.2) is 0 Å². The Kier molecular flexibility index (Phi) is 5.52. The summed E-state index contributed by atoms with van der Waals surface area (Å²) in [4.78, 5) is 25.1. The van der Waals surface area contributed by atoms with Gasteiger partial charge in [-0.15, -0.1) is 0 Å². The zero-order valence-corrected chi connectivity index (χ0v) is 18.5. The summed E-state index contributed by atoms with van der Waals surface area (Å²) in [6, 6.07) is 9.99. The van der Waals surface area contributed by atoms with Crippen molar-refractivity contribution in [2.24, 2.45) is 0 Å². The lowest BCUT2D eigenvalue weighted by Crippen LogP contribution is -2.28. The van der Waals surface area contributed by atoms with Crippen molar-refractivity contribution in [3.8, 4) is 0 Å². The molecule has 3 aromatic rings. The van der Waals surface area contributed by atoms with Gasteiger partial charge in [-0.2, -0.15) is 4.31 Å². The van der Waals surface area contributed by atoms with E-state index in [9.17, 15) is 18.0 Å². The number of amides is 1. The van der Waals surface area contributed by atoms with Crippen LogP contribution in [0.2, 0.25) is 0 Å². The zero-order chi connectivity index (χ0) is 21.5. The van der Waals surface area contributed by atoms with E-state index in [2.05, 4.69) is 5.32 Å². The molecule has 1 aromatic heterocycles. The molecule has 0 unspecified atom stereocenters. The normalized spacial score (nSPS) is 15.0. The van der Waals surface area contributed by atoms with E-state index in [1.54, 1.807) is 35.8 Å². The Bertz CT molecular complexity index is 1290. The lowest BCUT2D eigenvalue weighted by atomic mass is 10.1. The first-order chi connectivity index (χ1) is 14.3. The van der Waals surface area contributed by atoms with Gasteiger partial charge in [-0.1, -0.05) is 17.4 Å². The predicted molar refractivity (Wildman–Crippen MR) is 119 cm³/mol. The van der Waals surface area contributed by atoms with Crippen LogP contribution in [0.1, 0.15) is 35.7 Å². The number of carbonyl (C=O) groups is 1. The first-order valence-electron chi connectivity index (χ1n) is 9.87. The van der Waals surface area contributed by atoms with Crippen LogP contribution < -0.4 is 10.2 Å². The van der Waals surface area contributed by atoms with E-state index < -0.39 is 10.0 Å². The summed E-state index contributed by atoms with van der Waals surface area (Å²) in [6.45, 7) is 5.30. The van der Waals surface area contributed by atoms with Crippen LogP contribution in [0.15, 0.2) is 46.1 Å². The van der Waals surface area contributed by atoms with Crippen LogP contribution in [0.4, 0.5) is 5.69 Å². The summed E-state index contributed by atoms with van der Waals surface area (Å²) in [5.74, 6) is -0.382. The number of carbonyl (C=O) groups excluding carboxylic acids is 1. The van der Waals surface area contributed by atoms with Crippen molar-refractivity contribution in [3.05, 3.63) is 57.2 Å². The van der Waals surface area contributed by atoms with E-state index in [-0.39, 0.29) is 15.7 Å². The van der Waals surface area contributed by atoms with Crippen molar-refractivity contribution in [2.75, 3.05) is 18.4 Å². The maximum Gasteiger partial charge on any atom is 0.308 e. The molecule has 2 heterocycles. The Balaban J connectivity index is 1.63. The second-order valence-electron chi connectivity index (χ2n) is 7.34. The van der Waals surface area contributed by atoms with Gasteiger partial charge in [-0.3, -0.25) is 14.2 Å². The van der Waals surface area contributed by atoms with Crippen molar-refractivity contribution in [1.82, 2.24) is 8.87 Å². The molecule has 158 valence electrons. The number of aryl methyl sites for hydroxylation is 2. The number of thiazole rings is 1. The summed E-state index contributed by atoms with van der Waals surface area (Å²) in [6.07, 6.45) is 1.71. The second-order valence-corrected chi connectivity index (χ2v) is 10.3. The van der Waals surface area contributed by atoms with Gasteiger partial charge >= 0.3 is 4.87 Å². The Labute approximate surface area is 179 Å². The molecule has 0 aliphatic carbocycles. The highest BCUT2D eigenvalue weighted by Crippen LogP contribution is 2.25. The topological polar surface area (TPSA) is 88.5 Å². The fourth-order valence-electron chi connectivity index (χ4n) is 3.73. The van der Waals surface area contributed by atoms with E-state index in [4.69, 9.17) is 0 Å². The van der Waals surface area contributed by atoms with Gasteiger partial charge < -0.3 is 5.32 Å². The lowest BCUT2D eigenvalue weighted by molar-refractivity contribution is 0.102. The number of sulfonamides is 1. The summed E-state index contributed by atoms with van der Waals surface area (Å²) in [7, 11) is -3.60. The summed E-state index contributed by atoms with van der Waals surface area (Å²) < 4.78 is 29.6. The number of fused-ring (bicyclic) bond motifs is 1. The minimum atomic E-state index is -3.60. The minimum Gasteiger partial charge on any atom is -0.322 e. The van der Waals surface area contributed by atoms with E-state index in [1.807, 2.05) is 13.0 Å². The number of anilines is 1. The van der Waals surface area contributed by atoms with Crippen molar-refractivity contribution in [3.63, 3.8) is 0 Å². The number of rotatable bonds is 5. The molecule has 0 radical (unpaired) electrons. The van der Waals surface area contributed by atoms with Crippen LogP contribution in [-0.4, -0.2) is 36.3 Å². The van der Waals surface area contributed by atoms with Gasteiger partial charge in [0, 0.05) is 30.9 Å². The number of nitrogens with zero attached hydrogens (tertiary/aromatic N) is 2. The average Bonchev–Trinajstić information content (AvgIpc) is 3.35. The third-order valence-electron chi connectivity index (χ3n) is 5.40. The van der Waals surface area contributed by atoms with Gasteiger partial charge in [0.05, 0.1) is 15.1 Å². The van der Waals surface area contributed by atoms with Crippen molar-refractivity contribution in [2.45, 2.75) is 38.1 Å². The zero-order valence-electron chi connectivity index (χ0n) is 16.8. The van der Waals surface area contributed by atoms with Gasteiger partial charge in [0.1, 0.15) is 0 Å². The molecule has 7 nitrogen and oxygen atoms in total. The number of hydrogen-bond acceptors (Lipinski definition) is 5. The standard InChI is InChI=1S/C21H23N3O4S2/c1-3-24-18-9-7-15(12-19(18)29-21(24)26)22-20(25)17-13-16(8-6-14(17)2)30(27,28)23-10-4-5-11-23/h6-9,12-13H,3-5,10-11H2,1-2H3,(H,22,25). The molecule has 9 heteroatoms. The fraction of sp³-hybridized carbons (Fsp3) is 0.333. The van der Waals surface area contributed by atoms with Crippen LogP contribution in [0.3, 0.4) is 0 Å². The highest BCUT2D eigenvalue weighted by Gasteiger charge is 2.28. The average molecular weight is 446 g/mol. The predicted octanol–water partition coefficient (Wildman–Crippen LogP) is 3.43. The Morgan fingerprint density at radius 3 is 2.57 bits per heavy atom. The molecule has 1 saturated heterocycles. The monoisotopic (exact) mass is 445 g/mol. The first kappa shape index (κ1) is 20.8. The van der Waals surface area contributed by atoms with E-state index >= 15 is 0 Å². The van der Waals surface area contributed by atoms with E-state index in [0.717, 1.165) is 34.4 Å². The maximum absolute atomic E-state index is 12.9. The van der Waals surface area contributed by atoms with E-state index in [1.165, 1.54) is 10.4 Å². The quantitative estimate of drug-likeness (QED) is 0.652. The van der Waals surface area contributed by atoms with Crippen LogP contribution >= 0.6 is 11.3 Å². The van der Waals surface area contributed by atoms with Gasteiger partial charge in [-0.05, 0) is 62.6 Å². The van der Waals surface area contributed by atoms with Crippen molar-refractivity contribution in [1.29, 1.82) is 0 Å². The summed E-state index contributed by atoms with van der Waals surface area (Å²) >= 11 is 1.13. The first-order valence-corrected chi connectivity index (χ1v) is 12.1. The number of nitrogens with one attached hydrogen (secondary N) is 1. The third kappa shape index (κ3) is 3.68. The molecule has 0 spiro atoms. The Morgan fingerprint density at radius 2 is 1.87 bits per heavy atom. The summed E-state index contributed by atoms with van der Waals surface area (Å²) in [5.41, 5.74) is 2.40. The largest absolute Gasteiger partial charge is 0.322 e. The summed E-state index contributed by atoms with van der Waals surface area (Å²) in [5, 5.41) is 2.83. The third-order valence-corrected chi connectivity index (χ3v) is 8.24. The van der Waals surface area contributed by atoms with Gasteiger partial charge in [0.25, 0.3) is 5.91 Å². The minimum absolute atomic E-state index is 0.0355. The molecule has 1 aliphatic rings. The molecule has 2 aromatic carbocycles. The lowest BCUT2D eigenvalue weighted by Gasteiger charge is -2.17. The highest BCUT2D eigenvalue weighted by atomic mass is 32.2. The molecular formula is C21H23N3O4S2.